The minimum Gasteiger partial charge on any atom is -0.0836 e. The van der Waals surface area contributed by atoms with Crippen LogP contribution in [0.4, 0.5) is 0 Å². The molecular weight excluding hydrogens is 917 g/mol. The second-order valence-corrected chi connectivity index (χ2v) is 27.8. The molecule has 0 amide bonds. The minimum absolute atomic E-state index is 0.364. The third kappa shape index (κ3) is 5.23. The van der Waals surface area contributed by atoms with E-state index in [1.807, 2.05) is 0 Å². The van der Waals surface area contributed by atoms with Crippen molar-refractivity contribution >= 4 is 72.7 Å². The van der Waals surface area contributed by atoms with Crippen LogP contribution in [0.5, 0.6) is 0 Å². The topological polar surface area (TPSA) is 0 Å². The van der Waals surface area contributed by atoms with E-state index in [0.29, 0.717) is 29.6 Å². The van der Waals surface area contributed by atoms with Crippen LogP contribution < -0.4 is 20.8 Å². The summed E-state index contributed by atoms with van der Waals surface area (Å²) in [5, 5.41) is 17.1. The third-order valence-corrected chi connectivity index (χ3v) is 23.4. The Balaban J connectivity index is 0.994. The van der Waals surface area contributed by atoms with Crippen molar-refractivity contribution in [1.82, 2.24) is 0 Å². The highest BCUT2D eigenvalue weighted by atomic mass is 28.3. The molecule has 0 spiro atoms. The molecule has 0 aromatic heterocycles. The van der Waals surface area contributed by atoms with Crippen LogP contribution in [0.1, 0.15) is 76.3 Å². The van der Waals surface area contributed by atoms with Gasteiger partial charge in [0.2, 0.25) is 0 Å². The number of benzene rings is 10. The highest BCUT2D eigenvalue weighted by molar-refractivity contribution is 7.04. The summed E-state index contributed by atoms with van der Waals surface area (Å²) < 4.78 is 0. The molecule has 7 aliphatic carbocycles. The van der Waals surface area contributed by atoms with Gasteiger partial charge in [-0.15, -0.1) is 0 Å². The van der Waals surface area contributed by atoms with Gasteiger partial charge < -0.3 is 0 Å². The Morgan fingerprint density at radius 1 is 0.427 bits per heavy atom. The van der Waals surface area contributed by atoms with E-state index >= 15 is 0 Å². The van der Waals surface area contributed by atoms with Crippen LogP contribution >= 0.6 is 0 Å². The van der Waals surface area contributed by atoms with E-state index in [1.54, 1.807) is 10.4 Å². The van der Waals surface area contributed by atoms with E-state index in [4.69, 9.17) is 0 Å². The zero-order valence-electron chi connectivity index (χ0n) is 42.2. The molecule has 0 radical (unpaired) electrons. The molecule has 5 atom stereocenters. The number of hydrogen-bond donors (Lipinski definition) is 0. The molecule has 0 N–H and O–H groups in total. The van der Waals surface area contributed by atoms with Gasteiger partial charge in [-0.2, -0.15) is 0 Å². The molecule has 0 bridgehead atoms. The maximum absolute atomic E-state index is 2.72. The van der Waals surface area contributed by atoms with Gasteiger partial charge in [-0.1, -0.05) is 213 Å². The Hall–Kier alpha value is -8.10. The Morgan fingerprint density at radius 2 is 1.09 bits per heavy atom. The highest BCUT2D eigenvalue weighted by Gasteiger charge is 2.42. The summed E-state index contributed by atoms with van der Waals surface area (Å²) in [4.78, 5) is 0. The number of hydrogen-bond acceptors (Lipinski definition) is 0. The number of allylic oxidation sites excluding steroid dienone is 10. The first kappa shape index (κ1) is 41.3. The van der Waals surface area contributed by atoms with E-state index in [1.165, 1.54) is 148 Å². The maximum atomic E-state index is 2.72. The van der Waals surface area contributed by atoms with Crippen LogP contribution in [-0.2, 0) is 0 Å². The van der Waals surface area contributed by atoms with Crippen molar-refractivity contribution in [3.63, 3.8) is 0 Å². The molecule has 352 valence electrons. The first-order valence-electron chi connectivity index (χ1n) is 27.6. The second-order valence-electron chi connectivity index (χ2n) is 23.5. The van der Waals surface area contributed by atoms with Crippen molar-refractivity contribution in [2.45, 2.75) is 56.0 Å². The fraction of sp³-hybridized carbons (Fsp3) is 0.135. The van der Waals surface area contributed by atoms with Gasteiger partial charge in [0.25, 0.3) is 0 Å². The standard InChI is InChI=1S/C74H52Si/c1-75(2)67-29-8-7-20-48(67)63-39-65-66(40-68(63)75)74(61-37-35-58-47-19-6-4-17-45(47)51-25-13-28-56(61)72(51)58)64-38-42(43-32-33-59-53-22-10-15-41-14-9-21-52(69(41)53)54-26-11-23-49(43)70(54)59)30-31-62(64)73(65)60-36-34-57-46-18-5-3-16-44(46)50-24-12-27-55(60)71(50)57/h3-20,22-33,35,37-40,45,47,52-53,69H,21,34,36H2,1-2H3. The van der Waals surface area contributed by atoms with Crippen molar-refractivity contribution < 1.29 is 0 Å². The predicted octanol–water partition coefficient (Wildman–Crippen LogP) is 16.2. The van der Waals surface area contributed by atoms with Crippen LogP contribution in [0.15, 0.2) is 218 Å². The van der Waals surface area contributed by atoms with Crippen molar-refractivity contribution in [3.8, 4) is 44.5 Å². The van der Waals surface area contributed by atoms with Crippen molar-refractivity contribution in [2.75, 3.05) is 0 Å². The molecule has 18 rings (SSSR count). The van der Waals surface area contributed by atoms with Gasteiger partial charge in [0.1, 0.15) is 8.07 Å². The molecule has 10 aromatic rings. The summed E-state index contributed by atoms with van der Waals surface area (Å²) in [6.45, 7) is 5.18. The lowest BCUT2D eigenvalue weighted by Crippen LogP contribution is -2.49. The van der Waals surface area contributed by atoms with Crippen LogP contribution in [-0.4, -0.2) is 8.07 Å². The summed E-state index contributed by atoms with van der Waals surface area (Å²) in [5.41, 5.74) is 24.2. The first-order valence-corrected chi connectivity index (χ1v) is 30.6. The molecule has 1 aliphatic heterocycles. The van der Waals surface area contributed by atoms with Gasteiger partial charge in [-0.05, 0) is 196 Å². The number of rotatable bonds is 3. The van der Waals surface area contributed by atoms with Crippen molar-refractivity contribution in [2.24, 2.45) is 5.92 Å². The summed E-state index contributed by atoms with van der Waals surface area (Å²) in [7, 11) is -2.09. The summed E-state index contributed by atoms with van der Waals surface area (Å²) in [6, 6.07) is 63.2. The predicted molar refractivity (Wildman–Crippen MR) is 319 cm³/mol. The van der Waals surface area contributed by atoms with Crippen LogP contribution in [0.3, 0.4) is 0 Å². The molecule has 5 unspecified atom stereocenters. The lowest BCUT2D eigenvalue weighted by molar-refractivity contribution is 0.431. The molecular formula is C74H52Si. The molecule has 1 heterocycles. The van der Waals surface area contributed by atoms with Crippen molar-refractivity contribution in [1.29, 1.82) is 0 Å². The Kier molecular flexibility index (Phi) is 8.03. The average molecular weight is 969 g/mol. The molecule has 0 saturated carbocycles. The SMILES string of the molecule is C[Si]1(C)c2ccccc2-c2cc3c(C4=c5cccc6c5=C(CC4)c4ccccc4-6)c4ccc(-c5ccc6c7c(cccc57)C5CC=CC7=CC=CC6C75)cc4c(-c4ccc5c6c(cccc46)C4C=CC=CC54)c3cc21. The quantitative estimate of drug-likeness (QED) is 0.122. The molecule has 0 nitrogen and oxygen atoms in total. The second kappa shape index (κ2) is 14.6. The Morgan fingerprint density at radius 3 is 1.96 bits per heavy atom. The zero-order valence-corrected chi connectivity index (χ0v) is 43.2. The molecule has 0 saturated heterocycles. The smallest absolute Gasteiger partial charge is 0.0836 e. The average Bonchev–Trinajstić information content (AvgIpc) is 4.05. The fourth-order valence-electron chi connectivity index (χ4n) is 16.8. The molecule has 10 aromatic carbocycles. The Bertz CT molecular complexity index is 4650. The van der Waals surface area contributed by atoms with Gasteiger partial charge >= 0.3 is 0 Å². The van der Waals surface area contributed by atoms with Gasteiger partial charge in [-0.25, -0.2) is 0 Å². The van der Waals surface area contributed by atoms with Crippen molar-refractivity contribution in [3.05, 3.63) is 262 Å². The van der Waals surface area contributed by atoms with Crippen LogP contribution in [0.25, 0.3) is 98.7 Å². The van der Waals surface area contributed by atoms with E-state index < -0.39 is 8.07 Å². The van der Waals surface area contributed by atoms with Gasteiger partial charge in [0, 0.05) is 23.7 Å². The lowest BCUT2D eigenvalue weighted by atomic mass is 9.61. The Labute approximate surface area is 438 Å². The van der Waals surface area contributed by atoms with Crippen LogP contribution in [0.2, 0.25) is 13.1 Å². The highest BCUT2D eigenvalue weighted by Crippen LogP contribution is 2.57. The summed E-state index contributed by atoms with van der Waals surface area (Å²) >= 11 is 0. The van der Waals surface area contributed by atoms with Crippen LogP contribution in [0, 0.1) is 5.92 Å². The van der Waals surface area contributed by atoms with E-state index in [0.717, 1.165) is 19.3 Å². The summed E-state index contributed by atoms with van der Waals surface area (Å²) in [6.07, 6.45) is 24.5. The third-order valence-electron chi connectivity index (χ3n) is 19.9. The molecule has 1 heteroatoms. The normalized spacial score (nSPS) is 21.9. The number of fused-ring (bicyclic) bond motifs is 13. The van der Waals surface area contributed by atoms with E-state index in [9.17, 15) is 0 Å². The maximum Gasteiger partial charge on any atom is 0.113 e. The largest absolute Gasteiger partial charge is 0.113 e. The van der Waals surface area contributed by atoms with Gasteiger partial charge in [0.15, 0.2) is 0 Å². The molecule has 75 heavy (non-hydrogen) atoms. The minimum atomic E-state index is -2.09. The van der Waals surface area contributed by atoms with E-state index in [-0.39, 0.29) is 0 Å². The van der Waals surface area contributed by atoms with Gasteiger partial charge in [0.05, 0.1) is 0 Å². The van der Waals surface area contributed by atoms with Gasteiger partial charge in [-0.3, -0.25) is 0 Å². The fourth-order valence-corrected chi connectivity index (χ4v) is 19.9. The van der Waals surface area contributed by atoms with E-state index in [2.05, 4.69) is 226 Å². The lowest BCUT2D eigenvalue weighted by Gasteiger charge is -2.42. The zero-order chi connectivity index (χ0) is 49.0. The summed E-state index contributed by atoms with van der Waals surface area (Å²) in [5.74, 6) is 2.10. The monoisotopic (exact) mass is 968 g/mol. The molecule has 0 fully saturated rings. The molecule has 8 aliphatic rings. The first-order chi connectivity index (χ1) is 37.0.